The minimum Gasteiger partial charge on any atom is -0.347 e. The number of aryl methyl sites for hydroxylation is 1. The number of ketones is 1. The molecular weight excluding hydrogens is 470 g/mol. The molecule has 178 valence electrons. The van der Waals surface area contributed by atoms with E-state index in [2.05, 4.69) is 21.7 Å². The van der Waals surface area contributed by atoms with Gasteiger partial charge in [-0.2, -0.15) is 0 Å². The SMILES string of the molecule is CCCn1cc(C(=O)CSc2nnc(CN(c3ccccc3)S(C)(=O)=O)n2C)c2ccccc21. The molecule has 34 heavy (non-hydrogen) atoms. The van der Waals surface area contributed by atoms with Gasteiger partial charge in [0.15, 0.2) is 16.8 Å². The Morgan fingerprint density at radius 2 is 1.76 bits per heavy atom. The second-order valence-electron chi connectivity index (χ2n) is 8.03. The quantitative estimate of drug-likeness (QED) is 0.242. The van der Waals surface area contributed by atoms with Crippen LogP contribution in [0.25, 0.3) is 10.9 Å². The molecule has 0 aliphatic heterocycles. The Hall–Kier alpha value is -3.11. The zero-order valence-electron chi connectivity index (χ0n) is 19.4. The van der Waals surface area contributed by atoms with Gasteiger partial charge in [0.2, 0.25) is 10.0 Å². The van der Waals surface area contributed by atoms with E-state index >= 15 is 0 Å². The fraction of sp³-hybridized carbons (Fsp3) is 0.292. The zero-order valence-corrected chi connectivity index (χ0v) is 21.0. The third-order valence-corrected chi connectivity index (χ3v) is 7.70. The summed E-state index contributed by atoms with van der Waals surface area (Å²) in [5.41, 5.74) is 2.31. The summed E-state index contributed by atoms with van der Waals surface area (Å²) in [5.74, 6) is 0.715. The lowest BCUT2D eigenvalue weighted by Crippen LogP contribution is -2.30. The fourth-order valence-electron chi connectivity index (χ4n) is 3.83. The molecule has 0 fully saturated rings. The molecule has 0 aliphatic rings. The summed E-state index contributed by atoms with van der Waals surface area (Å²) >= 11 is 1.29. The van der Waals surface area contributed by atoms with Gasteiger partial charge in [0, 0.05) is 36.3 Å². The molecule has 0 spiro atoms. The van der Waals surface area contributed by atoms with E-state index in [1.165, 1.54) is 22.3 Å². The van der Waals surface area contributed by atoms with Gasteiger partial charge < -0.3 is 9.13 Å². The first kappa shape index (κ1) is 24.0. The second-order valence-corrected chi connectivity index (χ2v) is 10.9. The monoisotopic (exact) mass is 497 g/mol. The Kier molecular flexibility index (Phi) is 7.08. The van der Waals surface area contributed by atoms with E-state index < -0.39 is 10.0 Å². The van der Waals surface area contributed by atoms with Gasteiger partial charge in [-0.25, -0.2) is 8.42 Å². The van der Waals surface area contributed by atoms with Gasteiger partial charge in [0.25, 0.3) is 0 Å². The highest BCUT2D eigenvalue weighted by Crippen LogP contribution is 2.26. The number of para-hydroxylation sites is 2. The van der Waals surface area contributed by atoms with E-state index in [1.54, 1.807) is 35.9 Å². The molecule has 4 rings (SSSR count). The predicted molar refractivity (Wildman–Crippen MR) is 136 cm³/mol. The largest absolute Gasteiger partial charge is 0.347 e. The normalized spacial score (nSPS) is 11.7. The number of carbonyl (C=O) groups is 1. The molecule has 2 heterocycles. The highest BCUT2D eigenvalue weighted by atomic mass is 32.2. The number of benzene rings is 2. The maximum absolute atomic E-state index is 13.1. The van der Waals surface area contributed by atoms with Crippen LogP contribution >= 0.6 is 11.8 Å². The Bertz CT molecular complexity index is 1410. The van der Waals surface area contributed by atoms with Crippen molar-refractivity contribution >= 4 is 44.2 Å². The van der Waals surface area contributed by atoms with Gasteiger partial charge in [-0.3, -0.25) is 9.10 Å². The molecule has 0 radical (unpaired) electrons. The van der Waals surface area contributed by atoms with Crippen LogP contribution in [-0.4, -0.2) is 45.5 Å². The zero-order chi connectivity index (χ0) is 24.3. The summed E-state index contributed by atoms with van der Waals surface area (Å²) in [6, 6.07) is 16.8. The summed E-state index contributed by atoms with van der Waals surface area (Å²) in [6.07, 6.45) is 4.08. The first-order chi connectivity index (χ1) is 16.3. The number of fused-ring (bicyclic) bond motifs is 1. The van der Waals surface area contributed by atoms with Crippen LogP contribution < -0.4 is 4.31 Å². The van der Waals surface area contributed by atoms with Crippen molar-refractivity contribution in [3.05, 3.63) is 72.2 Å². The maximum Gasteiger partial charge on any atom is 0.232 e. The first-order valence-corrected chi connectivity index (χ1v) is 13.8. The Morgan fingerprint density at radius 1 is 1.06 bits per heavy atom. The van der Waals surface area contributed by atoms with Crippen LogP contribution in [-0.2, 0) is 30.2 Å². The van der Waals surface area contributed by atoms with Crippen LogP contribution in [0.3, 0.4) is 0 Å². The molecule has 0 N–H and O–H groups in total. The molecule has 2 aromatic heterocycles. The van der Waals surface area contributed by atoms with Gasteiger partial charge in [-0.15, -0.1) is 10.2 Å². The van der Waals surface area contributed by atoms with Crippen LogP contribution in [0.5, 0.6) is 0 Å². The number of carbonyl (C=O) groups excluding carboxylic acids is 1. The molecule has 0 aliphatic carbocycles. The molecule has 10 heteroatoms. The van der Waals surface area contributed by atoms with Crippen molar-refractivity contribution in [1.82, 2.24) is 19.3 Å². The fourth-order valence-corrected chi connectivity index (χ4v) is 5.50. The van der Waals surface area contributed by atoms with Gasteiger partial charge >= 0.3 is 0 Å². The number of Topliss-reactive ketones (excluding diaryl/α,β-unsaturated/α-hetero) is 1. The van der Waals surface area contributed by atoms with E-state index in [-0.39, 0.29) is 18.1 Å². The molecule has 4 aromatic rings. The first-order valence-electron chi connectivity index (χ1n) is 10.9. The topological polar surface area (TPSA) is 90.1 Å². The van der Waals surface area contributed by atoms with Crippen LogP contribution in [0, 0.1) is 0 Å². The Morgan fingerprint density at radius 3 is 2.47 bits per heavy atom. The van der Waals surface area contributed by atoms with Crippen molar-refractivity contribution < 1.29 is 13.2 Å². The number of nitrogens with zero attached hydrogens (tertiary/aromatic N) is 5. The number of anilines is 1. The number of sulfonamides is 1. The standard InChI is InChI=1S/C24H27N5O3S2/c1-4-14-28-15-20(19-12-8-9-13-21(19)28)22(30)17-33-24-26-25-23(27(24)2)16-29(34(3,31)32)18-10-6-5-7-11-18/h5-13,15H,4,14,16-17H2,1-3H3. The summed E-state index contributed by atoms with van der Waals surface area (Å²) in [5, 5.41) is 9.91. The molecule has 0 bridgehead atoms. The number of hydrogen-bond acceptors (Lipinski definition) is 6. The maximum atomic E-state index is 13.1. The van der Waals surface area contributed by atoms with E-state index in [0.29, 0.717) is 22.2 Å². The average molecular weight is 498 g/mol. The van der Waals surface area contributed by atoms with E-state index in [9.17, 15) is 13.2 Å². The van der Waals surface area contributed by atoms with Crippen molar-refractivity contribution in [2.75, 3.05) is 16.3 Å². The lowest BCUT2D eigenvalue weighted by atomic mass is 10.1. The summed E-state index contributed by atoms with van der Waals surface area (Å²) < 4.78 is 29.9. The lowest BCUT2D eigenvalue weighted by Gasteiger charge is -2.21. The molecule has 8 nitrogen and oxygen atoms in total. The molecular formula is C24H27N5O3S2. The molecule has 0 amide bonds. The molecule has 2 aromatic carbocycles. The number of aromatic nitrogens is 4. The predicted octanol–water partition coefficient (Wildman–Crippen LogP) is 4.12. The molecule has 0 unspecified atom stereocenters. The lowest BCUT2D eigenvalue weighted by molar-refractivity contribution is 0.102. The van der Waals surface area contributed by atoms with Crippen LogP contribution in [0.15, 0.2) is 66.0 Å². The minimum absolute atomic E-state index is 0.0163. The summed E-state index contributed by atoms with van der Waals surface area (Å²) in [6.45, 7) is 3.01. The third kappa shape index (κ3) is 5.02. The van der Waals surface area contributed by atoms with E-state index in [4.69, 9.17) is 0 Å². The molecule has 0 saturated heterocycles. The Balaban J connectivity index is 1.51. The van der Waals surface area contributed by atoms with Crippen molar-refractivity contribution in [2.24, 2.45) is 7.05 Å². The third-order valence-electron chi connectivity index (χ3n) is 5.54. The Labute approximate surface area is 203 Å². The number of rotatable bonds is 10. The van der Waals surface area contributed by atoms with Crippen molar-refractivity contribution in [2.45, 2.75) is 31.6 Å². The van der Waals surface area contributed by atoms with Crippen LogP contribution in [0.4, 0.5) is 5.69 Å². The van der Waals surface area contributed by atoms with Crippen molar-refractivity contribution in [1.29, 1.82) is 0 Å². The summed E-state index contributed by atoms with van der Waals surface area (Å²) in [4.78, 5) is 13.1. The van der Waals surface area contributed by atoms with Crippen molar-refractivity contribution in [3.8, 4) is 0 Å². The van der Waals surface area contributed by atoms with Crippen LogP contribution in [0.1, 0.15) is 29.5 Å². The highest BCUT2D eigenvalue weighted by molar-refractivity contribution is 7.99. The summed E-state index contributed by atoms with van der Waals surface area (Å²) in [7, 11) is -1.74. The average Bonchev–Trinajstić information content (AvgIpc) is 3.36. The van der Waals surface area contributed by atoms with Gasteiger partial charge in [-0.1, -0.05) is 55.1 Å². The number of thioether (sulfide) groups is 1. The van der Waals surface area contributed by atoms with E-state index in [1.807, 2.05) is 36.5 Å². The second kappa shape index (κ2) is 10.0. The molecule has 0 saturated carbocycles. The number of hydrogen-bond donors (Lipinski definition) is 0. The van der Waals surface area contributed by atoms with Gasteiger partial charge in [-0.05, 0) is 24.6 Å². The smallest absolute Gasteiger partial charge is 0.232 e. The van der Waals surface area contributed by atoms with Gasteiger partial charge in [0.05, 0.1) is 24.2 Å². The van der Waals surface area contributed by atoms with Crippen LogP contribution in [0.2, 0.25) is 0 Å². The van der Waals surface area contributed by atoms with Gasteiger partial charge in [0.1, 0.15) is 0 Å². The van der Waals surface area contributed by atoms with E-state index in [0.717, 1.165) is 23.9 Å². The molecule has 0 atom stereocenters. The highest BCUT2D eigenvalue weighted by Gasteiger charge is 2.22. The van der Waals surface area contributed by atoms with Crippen molar-refractivity contribution in [3.63, 3.8) is 0 Å². The minimum atomic E-state index is -3.52.